The van der Waals surface area contributed by atoms with Gasteiger partial charge in [-0.05, 0) is 24.8 Å². The van der Waals surface area contributed by atoms with Crippen LogP contribution in [0.15, 0.2) is 30.3 Å². The van der Waals surface area contributed by atoms with Crippen molar-refractivity contribution in [2.24, 2.45) is 5.92 Å². The van der Waals surface area contributed by atoms with Crippen molar-refractivity contribution in [2.75, 3.05) is 13.7 Å². The molecule has 27 heavy (non-hydrogen) atoms. The van der Waals surface area contributed by atoms with Crippen molar-refractivity contribution in [3.05, 3.63) is 35.9 Å². The number of likely N-dealkylation sites (tertiary alicyclic amines) is 1. The number of methoxy groups -OCH3 is 1. The minimum absolute atomic E-state index is 0.0532. The second-order valence-electron chi connectivity index (χ2n) is 6.90. The van der Waals surface area contributed by atoms with Crippen molar-refractivity contribution in [1.29, 1.82) is 0 Å². The van der Waals surface area contributed by atoms with Crippen LogP contribution in [-0.4, -0.2) is 42.4 Å². The van der Waals surface area contributed by atoms with Crippen LogP contribution < -0.4 is 0 Å². The van der Waals surface area contributed by atoms with Gasteiger partial charge in [-0.1, -0.05) is 50.1 Å². The van der Waals surface area contributed by atoms with Crippen molar-refractivity contribution >= 4 is 17.8 Å². The zero-order chi connectivity index (χ0) is 19.6. The van der Waals surface area contributed by atoms with E-state index in [0.29, 0.717) is 19.4 Å². The fourth-order valence-electron chi connectivity index (χ4n) is 3.38. The fraction of sp³-hybridized carbons (Fsp3) is 0.571. The van der Waals surface area contributed by atoms with Crippen LogP contribution in [0.4, 0.5) is 0 Å². The van der Waals surface area contributed by atoms with Crippen LogP contribution >= 0.6 is 0 Å². The number of rotatable bonds is 9. The Labute approximate surface area is 160 Å². The highest BCUT2D eigenvalue weighted by molar-refractivity contribution is 5.88. The quantitative estimate of drug-likeness (QED) is 0.620. The lowest BCUT2D eigenvalue weighted by Crippen LogP contribution is -2.44. The van der Waals surface area contributed by atoms with E-state index in [1.165, 1.54) is 7.11 Å². The Kier molecular flexibility index (Phi) is 8.30. The topological polar surface area (TPSA) is 72.9 Å². The largest absolute Gasteiger partial charge is 0.469 e. The van der Waals surface area contributed by atoms with E-state index in [-0.39, 0.29) is 24.9 Å². The molecular weight excluding hydrogens is 346 g/mol. The fourth-order valence-corrected chi connectivity index (χ4v) is 3.38. The van der Waals surface area contributed by atoms with Gasteiger partial charge in [0.1, 0.15) is 12.6 Å². The molecule has 0 aliphatic carbocycles. The van der Waals surface area contributed by atoms with E-state index in [0.717, 1.165) is 24.8 Å². The Morgan fingerprint density at radius 3 is 2.63 bits per heavy atom. The van der Waals surface area contributed by atoms with E-state index in [2.05, 4.69) is 0 Å². The highest BCUT2D eigenvalue weighted by Crippen LogP contribution is 2.25. The molecular formula is C21H29NO5. The van der Waals surface area contributed by atoms with Crippen LogP contribution in [0, 0.1) is 5.92 Å². The molecule has 0 saturated carbocycles. The van der Waals surface area contributed by atoms with Crippen molar-refractivity contribution < 1.29 is 23.9 Å². The van der Waals surface area contributed by atoms with Gasteiger partial charge in [0.05, 0.1) is 13.5 Å². The first kappa shape index (κ1) is 20.9. The highest BCUT2D eigenvalue weighted by atomic mass is 16.5. The number of unbranched alkanes of at least 4 members (excludes halogenated alkanes) is 1. The SMILES string of the molecule is CCCCC(CC(=O)OC)C(=O)N1CCC[C@H]1C(=O)OCc1ccccc1. The summed E-state index contributed by atoms with van der Waals surface area (Å²) in [5.41, 5.74) is 0.910. The van der Waals surface area contributed by atoms with Gasteiger partial charge in [-0.3, -0.25) is 9.59 Å². The van der Waals surface area contributed by atoms with Gasteiger partial charge in [-0.15, -0.1) is 0 Å². The molecule has 0 aromatic heterocycles. The van der Waals surface area contributed by atoms with E-state index < -0.39 is 17.9 Å². The molecule has 6 nitrogen and oxygen atoms in total. The Balaban J connectivity index is 1.99. The summed E-state index contributed by atoms with van der Waals surface area (Å²) in [5, 5.41) is 0. The van der Waals surface area contributed by atoms with Gasteiger partial charge in [0.25, 0.3) is 0 Å². The van der Waals surface area contributed by atoms with Gasteiger partial charge >= 0.3 is 11.9 Å². The predicted molar refractivity (Wildman–Crippen MR) is 101 cm³/mol. The summed E-state index contributed by atoms with van der Waals surface area (Å²) >= 11 is 0. The van der Waals surface area contributed by atoms with Crippen LogP contribution in [0.25, 0.3) is 0 Å². The molecule has 0 spiro atoms. The summed E-state index contributed by atoms with van der Waals surface area (Å²) in [4.78, 5) is 38.8. The maximum absolute atomic E-state index is 13.0. The minimum Gasteiger partial charge on any atom is -0.469 e. The molecule has 2 atom stereocenters. The molecule has 148 valence electrons. The van der Waals surface area contributed by atoms with Crippen molar-refractivity contribution in [3.63, 3.8) is 0 Å². The zero-order valence-electron chi connectivity index (χ0n) is 16.2. The van der Waals surface area contributed by atoms with Gasteiger partial charge in [0.15, 0.2) is 0 Å². The van der Waals surface area contributed by atoms with Gasteiger partial charge in [0.2, 0.25) is 5.91 Å². The maximum Gasteiger partial charge on any atom is 0.329 e. The normalized spacial score (nSPS) is 17.4. The number of nitrogens with zero attached hydrogens (tertiary/aromatic N) is 1. The molecule has 1 aromatic carbocycles. The van der Waals surface area contributed by atoms with Crippen molar-refractivity contribution in [3.8, 4) is 0 Å². The van der Waals surface area contributed by atoms with Crippen LogP contribution in [0.1, 0.15) is 51.0 Å². The lowest BCUT2D eigenvalue weighted by molar-refractivity contribution is -0.156. The lowest BCUT2D eigenvalue weighted by Gasteiger charge is -2.27. The molecule has 1 aliphatic rings. The van der Waals surface area contributed by atoms with E-state index >= 15 is 0 Å². The molecule has 1 saturated heterocycles. The lowest BCUT2D eigenvalue weighted by atomic mass is 9.96. The Morgan fingerprint density at radius 1 is 1.22 bits per heavy atom. The summed E-state index contributed by atoms with van der Waals surface area (Å²) in [6, 6.07) is 8.90. The van der Waals surface area contributed by atoms with Gasteiger partial charge in [0, 0.05) is 12.5 Å². The number of hydrogen-bond donors (Lipinski definition) is 0. The molecule has 1 unspecified atom stereocenters. The standard InChI is InChI=1S/C21H29NO5/c1-3-4-11-17(14-19(23)26-2)20(24)22-13-8-12-18(22)21(25)27-15-16-9-6-5-7-10-16/h5-7,9-10,17-18H,3-4,8,11-15H2,1-2H3/t17?,18-/m0/s1. The third-order valence-electron chi connectivity index (χ3n) is 4.93. The first-order chi connectivity index (χ1) is 13.1. The van der Waals surface area contributed by atoms with Crippen LogP contribution in [0.2, 0.25) is 0 Å². The van der Waals surface area contributed by atoms with Crippen LogP contribution in [-0.2, 0) is 30.5 Å². The first-order valence-electron chi connectivity index (χ1n) is 9.64. The van der Waals surface area contributed by atoms with Crippen LogP contribution in [0.5, 0.6) is 0 Å². The van der Waals surface area contributed by atoms with Gasteiger partial charge < -0.3 is 14.4 Å². The molecule has 0 bridgehead atoms. The summed E-state index contributed by atoms with van der Waals surface area (Å²) in [7, 11) is 1.32. The number of esters is 2. The molecule has 0 radical (unpaired) electrons. The third kappa shape index (κ3) is 6.08. The molecule has 1 aliphatic heterocycles. The van der Waals surface area contributed by atoms with Gasteiger partial charge in [-0.25, -0.2) is 4.79 Å². The van der Waals surface area contributed by atoms with E-state index in [1.54, 1.807) is 4.90 Å². The molecule has 6 heteroatoms. The Bertz CT molecular complexity index is 631. The van der Waals surface area contributed by atoms with E-state index in [4.69, 9.17) is 9.47 Å². The Hall–Kier alpha value is -2.37. The number of ether oxygens (including phenoxy) is 2. The summed E-state index contributed by atoms with van der Waals surface area (Å²) in [5.74, 6) is -1.36. The van der Waals surface area contributed by atoms with Crippen molar-refractivity contribution in [2.45, 2.75) is 58.1 Å². The van der Waals surface area contributed by atoms with E-state index in [9.17, 15) is 14.4 Å². The molecule has 2 rings (SSSR count). The molecule has 1 aromatic rings. The zero-order valence-corrected chi connectivity index (χ0v) is 16.2. The molecule has 0 N–H and O–H groups in total. The number of hydrogen-bond acceptors (Lipinski definition) is 5. The number of benzene rings is 1. The predicted octanol–water partition coefficient (Wildman–Crippen LogP) is 3.09. The summed E-state index contributed by atoms with van der Waals surface area (Å²) < 4.78 is 10.2. The molecule has 1 heterocycles. The average molecular weight is 375 g/mol. The monoisotopic (exact) mass is 375 g/mol. The molecule has 1 amide bonds. The van der Waals surface area contributed by atoms with Crippen molar-refractivity contribution in [1.82, 2.24) is 4.90 Å². The number of carbonyl (C=O) groups excluding carboxylic acids is 3. The van der Waals surface area contributed by atoms with Gasteiger partial charge in [-0.2, -0.15) is 0 Å². The third-order valence-corrected chi connectivity index (χ3v) is 4.93. The Morgan fingerprint density at radius 2 is 1.96 bits per heavy atom. The maximum atomic E-state index is 13.0. The summed E-state index contributed by atoms with van der Waals surface area (Å²) in [6.45, 7) is 2.76. The first-order valence-corrected chi connectivity index (χ1v) is 9.64. The molecule has 1 fully saturated rings. The number of amides is 1. The average Bonchev–Trinajstić information content (AvgIpc) is 3.19. The smallest absolute Gasteiger partial charge is 0.329 e. The van der Waals surface area contributed by atoms with Crippen LogP contribution in [0.3, 0.4) is 0 Å². The second kappa shape index (κ2) is 10.7. The summed E-state index contributed by atoms with van der Waals surface area (Å²) in [6.07, 6.45) is 3.82. The number of carbonyl (C=O) groups is 3. The second-order valence-corrected chi connectivity index (χ2v) is 6.90. The van der Waals surface area contributed by atoms with E-state index in [1.807, 2.05) is 37.3 Å². The highest BCUT2D eigenvalue weighted by Gasteiger charge is 2.38. The minimum atomic E-state index is -0.567.